The Balaban J connectivity index is 2.56. The molecule has 4 N–H and O–H groups in total. The first-order chi connectivity index (χ1) is 7.59. The van der Waals surface area contributed by atoms with E-state index in [9.17, 15) is 5.11 Å². The molecule has 0 spiro atoms. The molecule has 0 bridgehead atoms. The van der Waals surface area contributed by atoms with E-state index < -0.39 is 0 Å². The van der Waals surface area contributed by atoms with Crippen LogP contribution < -0.4 is 5.73 Å². The van der Waals surface area contributed by atoms with Crippen LogP contribution in [0, 0.1) is 0 Å². The topological polar surface area (TPSA) is 74.9 Å². The molecule has 0 aliphatic heterocycles. The zero-order valence-corrected chi connectivity index (χ0v) is 9.36. The molecule has 0 unspecified atom stereocenters. The lowest BCUT2D eigenvalue weighted by Crippen LogP contribution is -1.91. The van der Waals surface area contributed by atoms with Gasteiger partial charge in [-0.2, -0.15) is 5.10 Å². The van der Waals surface area contributed by atoms with E-state index in [2.05, 4.69) is 24.0 Å². The number of phenols is 1. The molecular formula is C12H15N3O. The summed E-state index contributed by atoms with van der Waals surface area (Å²) < 4.78 is 0. The lowest BCUT2D eigenvalue weighted by atomic mass is 9.98. The second kappa shape index (κ2) is 3.89. The van der Waals surface area contributed by atoms with E-state index in [0.29, 0.717) is 11.7 Å². The number of aromatic nitrogens is 2. The second-order valence-electron chi connectivity index (χ2n) is 4.13. The predicted octanol–water partition coefficient (Wildman–Crippen LogP) is 2.49. The van der Waals surface area contributed by atoms with E-state index in [4.69, 9.17) is 5.73 Å². The van der Waals surface area contributed by atoms with Crippen molar-refractivity contribution in [2.24, 2.45) is 0 Å². The normalized spacial score (nSPS) is 10.9. The van der Waals surface area contributed by atoms with E-state index in [1.807, 2.05) is 12.1 Å². The number of nitrogens with one attached hydrogen (secondary N) is 1. The number of nitrogen functional groups attached to an aromatic ring is 1. The van der Waals surface area contributed by atoms with Gasteiger partial charge in [0.2, 0.25) is 0 Å². The van der Waals surface area contributed by atoms with Crippen molar-refractivity contribution in [2.75, 3.05) is 5.73 Å². The molecule has 0 aliphatic carbocycles. The average molecular weight is 217 g/mol. The summed E-state index contributed by atoms with van der Waals surface area (Å²) in [4.78, 5) is 0. The summed E-state index contributed by atoms with van der Waals surface area (Å²) in [6.45, 7) is 4.21. The van der Waals surface area contributed by atoms with Crippen molar-refractivity contribution in [3.63, 3.8) is 0 Å². The Kier molecular flexibility index (Phi) is 2.56. The Morgan fingerprint density at radius 1 is 1.31 bits per heavy atom. The van der Waals surface area contributed by atoms with Crippen molar-refractivity contribution in [1.82, 2.24) is 10.2 Å². The summed E-state index contributed by atoms with van der Waals surface area (Å²) in [5, 5.41) is 16.3. The van der Waals surface area contributed by atoms with Crippen molar-refractivity contribution in [3.05, 3.63) is 30.0 Å². The highest BCUT2D eigenvalue weighted by Crippen LogP contribution is 2.34. The van der Waals surface area contributed by atoms with Gasteiger partial charge < -0.3 is 10.8 Å². The van der Waals surface area contributed by atoms with Gasteiger partial charge in [-0.25, -0.2) is 0 Å². The first-order valence-corrected chi connectivity index (χ1v) is 5.21. The SMILES string of the molecule is CC(C)c1ccc(O)c(-c2cn[nH]c2N)c1. The summed E-state index contributed by atoms with van der Waals surface area (Å²) in [7, 11) is 0. The number of aromatic amines is 1. The second-order valence-corrected chi connectivity index (χ2v) is 4.13. The zero-order valence-electron chi connectivity index (χ0n) is 9.36. The van der Waals surface area contributed by atoms with Crippen LogP contribution in [-0.2, 0) is 0 Å². The Morgan fingerprint density at radius 3 is 2.62 bits per heavy atom. The molecule has 2 rings (SSSR count). The van der Waals surface area contributed by atoms with Gasteiger partial charge in [-0.3, -0.25) is 5.10 Å². The fourth-order valence-corrected chi connectivity index (χ4v) is 1.64. The number of anilines is 1. The number of phenolic OH excluding ortho intramolecular Hbond substituents is 1. The number of rotatable bonds is 2. The first-order valence-electron chi connectivity index (χ1n) is 5.21. The number of nitrogens with two attached hydrogens (primary N) is 1. The van der Waals surface area contributed by atoms with Crippen LogP contribution in [-0.4, -0.2) is 15.3 Å². The predicted molar refractivity (Wildman–Crippen MR) is 64.2 cm³/mol. The third kappa shape index (κ3) is 1.74. The van der Waals surface area contributed by atoms with Crippen molar-refractivity contribution >= 4 is 5.82 Å². The zero-order chi connectivity index (χ0) is 11.7. The van der Waals surface area contributed by atoms with E-state index >= 15 is 0 Å². The van der Waals surface area contributed by atoms with Gasteiger partial charge in [-0.1, -0.05) is 19.9 Å². The van der Waals surface area contributed by atoms with Crippen LogP contribution in [0.25, 0.3) is 11.1 Å². The lowest BCUT2D eigenvalue weighted by Gasteiger charge is -2.09. The number of hydrogen-bond donors (Lipinski definition) is 3. The number of benzene rings is 1. The van der Waals surface area contributed by atoms with Crippen LogP contribution in [0.2, 0.25) is 0 Å². The third-order valence-electron chi connectivity index (χ3n) is 2.65. The molecule has 0 saturated heterocycles. The highest BCUT2D eigenvalue weighted by atomic mass is 16.3. The average Bonchev–Trinajstić information content (AvgIpc) is 2.65. The van der Waals surface area contributed by atoms with E-state index in [-0.39, 0.29) is 5.75 Å². The summed E-state index contributed by atoms with van der Waals surface area (Å²) in [6.07, 6.45) is 1.62. The van der Waals surface area contributed by atoms with Gasteiger partial charge in [0.25, 0.3) is 0 Å². The maximum Gasteiger partial charge on any atom is 0.126 e. The molecule has 0 atom stereocenters. The fourth-order valence-electron chi connectivity index (χ4n) is 1.64. The molecule has 4 heteroatoms. The summed E-state index contributed by atoms with van der Waals surface area (Å²) in [6, 6.07) is 5.55. The van der Waals surface area contributed by atoms with E-state index in [1.165, 1.54) is 0 Å². The van der Waals surface area contributed by atoms with Gasteiger partial charge in [-0.15, -0.1) is 0 Å². The molecule has 0 amide bonds. The molecule has 84 valence electrons. The van der Waals surface area contributed by atoms with Crippen LogP contribution in [0.5, 0.6) is 5.75 Å². The molecule has 1 heterocycles. The number of aromatic hydroxyl groups is 1. The minimum atomic E-state index is 0.220. The highest BCUT2D eigenvalue weighted by molar-refractivity contribution is 5.78. The van der Waals surface area contributed by atoms with Gasteiger partial charge in [-0.05, 0) is 23.6 Å². The van der Waals surface area contributed by atoms with Crippen LogP contribution in [0.3, 0.4) is 0 Å². The molecule has 0 aliphatic rings. The largest absolute Gasteiger partial charge is 0.507 e. The Morgan fingerprint density at radius 2 is 2.06 bits per heavy atom. The van der Waals surface area contributed by atoms with Crippen LogP contribution in [0.4, 0.5) is 5.82 Å². The van der Waals surface area contributed by atoms with Gasteiger partial charge in [0.05, 0.1) is 6.20 Å². The molecular weight excluding hydrogens is 202 g/mol. The van der Waals surface area contributed by atoms with E-state index in [1.54, 1.807) is 12.3 Å². The van der Waals surface area contributed by atoms with Crippen molar-refractivity contribution in [3.8, 4) is 16.9 Å². The van der Waals surface area contributed by atoms with Gasteiger partial charge in [0, 0.05) is 11.1 Å². The Labute approximate surface area is 94.1 Å². The maximum absolute atomic E-state index is 9.82. The van der Waals surface area contributed by atoms with Gasteiger partial charge >= 0.3 is 0 Å². The molecule has 0 fully saturated rings. The minimum absolute atomic E-state index is 0.220. The lowest BCUT2D eigenvalue weighted by molar-refractivity contribution is 0.477. The molecule has 0 radical (unpaired) electrons. The summed E-state index contributed by atoms with van der Waals surface area (Å²) in [5.41, 5.74) is 8.36. The van der Waals surface area contributed by atoms with Crippen molar-refractivity contribution in [1.29, 1.82) is 0 Å². The van der Waals surface area contributed by atoms with Crippen molar-refractivity contribution in [2.45, 2.75) is 19.8 Å². The smallest absolute Gasteiger partial charge is 0.126 e. The van der Waals surface area contributed by atoms with Crippen molar-refractivity contribution < 1.29 is 5.11 Å². The minimum Gasteiger partial charge on any atom is -0.507 e. The monoisotopic (exact) mass is 217 g/mol. The Hall–Kier alpha value is -1.97. The summed E-state index contributed by atoms with van der Waals surface area (Å²) in [5.74, 6) is 1.10. The third-order valence-corrected chi connectivity index (χ3v) is 2.65. The molecule has 4 nitrogen and oxygen atoms in total. The Bertz CT molecular complexity index is 503. The standard InChI is InChI=1S/C12H15N3O/c1-7(2)8-3-4-11(16)9(5-8)10-6-14-15-12(10)13/h3-7,16H,1-2H3,(H3,13,14,15). The molecule has 1 aromatic carbocycles. The first kappa shape index (κ1) is 10.5. The van der Waals surface area contributed by atoms with Crippen LogP contribution in [0.15, 0.2) is 24.4 Å². The highest BCUT2D eigenvalue weighted by Gasteiger charge is 2.11. The van der Waals surface area contributed by atoms with Gasteiger partial charge in [0.1, 0.15) is 11.6 Å². The maximum atomic E-state index is 9.82. The fraction of sp³-hybridized carbons (Fsp3) is 0.250. The number of H-pyrrole nitrogens is 1. The molecule has 16 heavy (non-hydrogen) atoms. The number of nitrogens with zero attached hydrogens (tertiary/aromatic N) is 1. The molecule has 1 aromatic heterocycles. The quantitative estimate of drug-likeness (QED) is 0.723. The van der Waals surface area contributed by atoms with E-state index in [0.717, 1.165) is 16.7 Å². The molecule has 0 saturated carbocycles. The van der Waals surface area contributed by atoms with Crippen LogP contribution >= 0.6 is 0 Å². The summed E-state index contributed by atoms with van der Waals surface area (Å²) >= 11 is 0. The van der Waals surface area contributed by atoms with Gasteiger partial charge in [0.15, 0.2) is 0 Å². The number of hydrogen-bond acceptors (Lipinski definition) is 3. The molecule has 2 aromatic rings. The van der Waals surface area contributed by atoms with Crippen LogP contribution in [0.1, 0.15) is 25.3 Å².